The van der Waals surface area contributed by atoms with E-state index in [4.69, 9.17) is 25.7 Å². The van der Waals surface area contributed by atoms with E-state index in [0.29, 0.717) is 45.1 Å². The van der Waals surface area contributed by atoms with Crippen molar-refractivity contribution < 1.29 is 14.2 Å². The predicted molar refractivity (Wildman–Crippen MR) is 99.1 cm³/mol. The monoisotopic (exact) mass is 340 g/mol. The molecule has 1 aromatic carbocycles. The van der Waals surface area contributed by atoms with Crippen molar-refractivity contribution in [3.05, 3.63) is 30.3 Å². The Morgan fingerprint density at radius 3 is 2.48 bits per heavy atom. The molecule has 1 rings (SSSR count). The number of hydrogen-bond donors (Lipinski definition) is 3. The molecule has 6 heteroatoms. The fourth-order valence-corrected chi connectivity index (χ4v) is 2.16. The smallest absolute Gasteiger partial charge is 0.120 e. The highest BCUT2D eigenvalue weighted by molar-refractivity contribution is 7.80. The van der Waals surface area contributed by atoms with Crippen LogP contribution in [0.3, 0.4) is 0 Å². The maximum atomic E-state index is 6.00. The number of anilines is 1. The van der Waals surface area contributed by atoms with Crippen LogP contribution >= 0.6 is 12.6 Å². The van der Waals surface area contributed by atoms with Crippen LogP contribution in [0.15, 0.2) is 24.8 Å². The summed E-state index contributed by atoms with van der Waals surface area (Å²) in [6.45, 7) is 8.73. The molecule has 1 unspecified atom stereocenters. The maximum absolute atomic E-state index is 6.00. The van der Waals surface area contributed by atoms with Gasteiger partial charge in [-0.15, -0.1) is 0 Å². The lowest BCUT2D eigenvalue weighted by Gasteiger charge is -2.14. The average molecular weight is 340 g/mol. The second-order valence-corrected chi connectivity index (χ2v) is 5.78. The molecule has 0 aliphatic heterocycles. The molecule has 1 atom stereocenters. The van der Waals surface area contributed by atoms with Crippen molar-refractivity contribution in [3.8, 4) is 5.75 Å². The van der Waals surface area contributed by atoms with Crippen LogP contribution in [0.2, 0.25) is 0 Å². The standard InChI is InChI=1S/C17H28N2O3S/c1-13(11-14(2)18)16-12-15(3-4-17(16)19)22-8-7-20-5-6-21-9-10-23/h3-4,12,14,23H,1,5-11,18-19H2,2H3. The Morgan fingerprint density at radius 1 is 1.17 bits per heavy atom. The second kappa shape index (κ2) is 11.3. The minimum absolute atomic E-state index is 0.0460. The van der Waals surface area contributed by atoms with Crippen LogP contribution in [0, 0.1) is 0 Å². The summed E-state index contributed by atoms with van der Waals surface area (Å²) in [5.74, 6) is 1.46. The molecule has 23 heavy (non-hydrogen) atoms. The van der Waals surface area contributed by atoms with Gasteiger partial charge in [0.05, 0.1) is 26.4 Å². The van der Waals surface area contributed by atoms with Crippen LogP contribution in [0.25, 0.3) is 5.57 Å². The van der Waals surface area contributed by atoms with Gasteiger partial charge in [0.2, 0.25) is 0 Å². The molecule has 4 N–H and O–H groups in total. The number of benzene rings is 1. The third-order valence-electron chi connectivity index (χ3n) is 3.08. The van der Waals surface area contributed by atoms with Crippen LogP contribution in [0.1, 0.15) is 18.9 Å². The van der Waals surface area contributed by atoms with E-state index in [1.165, 1.54) is 0 Å². The Bertz CT molecular complexity index is 481. The molecular weight excluding hydrogens is 312 g/mol. The first kappa shape index (κ1) is 19.8. The van der Waals surface area contributed by atoms with Crippen LogP contribution in [0.5, 0.6) is 5.75 Å². The zero-order chi connectivity index (χ0) is 17.1. The van der Waals surface area contributed by atoms with Gasteiger partial charge in [-0.1, -0.05) is 6.58 Å². The zero-order valence-electron chi connectivity index (χ0n) is 13.8. The molecule has 0 aliphatic rings. The zero-order valence-corrected chi connectivity index (χ0v) is 14.7. The van der Waals surface area contributed by atoms with E-state index < -0.39 is 0 Å². The Kier molecular flexibility index (Phi) is 9.78. The first-order valence-electron chi connectivity index (χ1n) is 7.77. The minimum atomic E-state index is 0.0460. The lowest BCUT2D eigenvalue weighted by atomic mass is 9.99. The van der Waals surface area contributed by atoms with E-state index in [2.05, 4.69) is 19.2 Å². The first-order valence-corrected chi connectivity index (χ1v) is 8.40. The quantitative estimate of drug-likeness (QED) is 0.309. The third-order valence-corrected chi connectivity index (χ3v) is 3.26. The van der Waals surface area contributed by atoms with Gasteiger partial charge in [-0.2, -0.15) is 12.6 Å². The third kappa shape index (κ3) is 8.27. The molecule has 1 aromatic rings. The van der Waals surface area contributed by atoms with Gasteiger partial charge in [0.25, 0.3) is 0 Å². The van der Waals surface area contributed by atoms with Gasteiger partial charge in [0, 0.05) is 23.0 Å². The summed E-state index contributed by atoms with van der Waals surface area (Å²) in [5.41, 5.74) is 14.3. The van der Waals surface area contributed by atoms with Gasteiger partial charge in [-0.25, -0.2) is 0 Å². The molecule has 0 heterocycles. The largest absolute Gasteiger partial charge is 0.491 e. The number of nitrogen functional groups attached to an aromatic ring is 1. The summed E-state index contributed by atoms with van der Waals surface area (Å²) >= 11 is 4.06. The van der Waals surface area contributed by atoms with E-state index >= 15 is 0 Å². The van der Waals surface area contributed by atoms with Crippen LogP contribution in [-0.2, 0) is 9.47 Å². The summed E-state index contributed by atoms with van der Waals surface area (Å²) in [6.07, 6.45) is 0.697. The van der Waals surface area contributed by atoms with E-state index in [0.717, 1.165) is 22.6 Å². The maximum Gasteiger partial charge on any atom is 0.120 e. The second-order valence-electron chi connectivity index (χ2n) is 5.33. The Labute approximate surface area is 144 Å². The van der Waals surface area contributed by atoms with Crippen molar-refractivity contribution in [3.63, 3.8) is 0 Å². The lowest BCUT2D eigenvalue weighted by Crippen LogP contribution is -2.15. The molecule has 0 fully saturated rings. The lowest BCUT2D eigenvalue weighted by molar-refractivity contribution is 0.0413. The van der Waals surface area contributed by atoms with Crippen molar-refractivity contribution in [1.82, 2.24) is 0 Å². The van der Waals surface area contributed by atoms with Gasteiger partial charge >= 0.3 is 0 Å². The van der Waals surface area contributed by atoms with E-state index in [1.807, 2.05) is 25.1 Å². The molecular formula is C17H28N2O3S. The summed E-state index contributed by atoms with van der Waals surface area (Å²) < 4.78 is 16.4. The van der Waals surface area contributed by atoms with Gasteiger partial charge in [0.1, 0.15) is 12.4 Å². The van der Waals surface area contributed by atoms with Crippen LogP contribution in [0.4, 0.5) is 5.69 Å². The van der Waals surface area contributed by atoms with Gasteiger partial charge in [-0.3, -0.25) is 0 Å². The molecule has 0 saturated heterocycles. The molecule has 0 amide bonds. The predicted octanol–water partition coefficient (Wildman–Crippen LogP) is 2.36. The number of thiol groups is 1. The van der Waals surface area contributed by atoms with Crippen LogP contribution < -0.4 is 16.2 Å². The highest BCUT2D eigenvalue weighted by Gasteiger charge is 2.08. The Hall–Kier alpha value is -1.21. The highest BCUT2D eigenvalue weighted by Crippen LogP contribution is 2.27. The topological polar surface area (TPSA) is 79.7 Å². The molecule has 130 valence electrons. The van der Waals surface area contributed by atoms with Gasteiger partial charge in [0.15, 0.2) is 0 Å². The Morgan fingerprint density at radius 2 is 1.83 bits per heavy atom. The minimum Gasteiger partial charge on any atom is -0.491 e. The number of ether oxygens (including phenoxy) is 3. The number of nitrogens with two attached hydrogens (primary N) is 2. The molecule has 0 saturated carbocycles. The molecule has 0 spiro atoms. The SMILES string of the molecule is C=C(CC(C)N)c1cc(OCCOCCOCCS)ccc1N. The fraction of sp³-hybridized carbons (Fsp3) is 0.529. The number of rotatable bonds is 12. The van der Waals surface area contributed by atoms with E-state index in [1.54, 1.807) is 0 Å². The molecule has 0 aliphatic carbocycles. The van der Waals surface area contributed by atoms with Crippen molar-refractivity contribution in [1.29, 1.82) is 0 Å². The van der Waals surface area contributed by atoms with E-state index in [9.17, 15) is 0 Å². The molecule has 0 bridgehead atoms. The summed E-state index contributed by atoms with van der Waals surface area (Å²) in [5, 5.41) is 0. The Balaban J connectivity index is 2.36. The van der Waals surface area contributed by atoms with Crippen molar-refractivity contribution >= 4 is 23.9 Å². The molecule has 5 nitrogen and oxygen atoms in total. The van der Waals surface area contributed by atoms with Crippen molar-refractivity contribution in [2.24, 2.45) is 5.73 Å². The normalized spacial score (nSPS) is 12.1. The van der Waals surface area contributed by atoms with Crippen LogP contribution in [-0.4, -0.2) is 44.8 Å². The molecule has 0 aromatic heterocycles. The first-order chi connectivity index (χ1) is 11.0. The van der Waals surface area contributed by atoms with Crippen molar-refractivity contribution in [2.45, 2.75) is 19.4 Å². The van der Waals surface area contributed by atoms with E-state index in [-0.39, 0.29) is 6.04 Å². The summed E-state index contributed by atoms with van der Waals surface area (Å²) in [6, 6.07) is 5.61. The molecule has 0 radical (unpaired) electrons. The number of hydrogen-bond acceptors (Lipinski definition) is 6. The van der Waals surface area contributed by atoms with Gasteiger partial charge < -0.3 is 25.7 Å². The summed E-state index contributed by atoms with van der Waals surface area (Å²) in [7, 11) is 0. The average Bonchev–Trinajstić information content (AvgIpc) is 2.50. The van der Waals surface area contributed by atoms with Crippen molar-refractivity contribution in [2.75, 3.05) is 44.5 Å². The highest BCUT2D eigenvalue weighted by atomic mass is 32.1. The van der Waals surface area contributed by atoms with Gasteiger partial charge in [-0.05, 0) is 37.1 Å². The fourth-order valence-electron chi connectivity index (χ4n) is 2.03. The summed E-state index contributed by atoms with van der Waals surface area (Å²) in [4.78, 5) is 0.